The van der Waals surface area contributed by atoms with Crippen LogP contribution in [-0.4, -0.2) is 22.0 Å². The summed E-state index contributed by atoms with van der Waals surface area (Å²) in [5, 5.41) is 12.7. The van der Waals surface area contributed by atoms with Crippen molar-refractivity contribution < 1.29 is 14.7 Å². The highest BCUT2D eigenvalue weighted by Crippen LogP contribution is 2.26. The molecular weight excluding hydrogens is 312 g/mol. The van der Waals surface area contributed by atoms with E-state index < -0.39 is 5.97 Å². The van der Waals surface area contributed by atoms with Gasteiger partial charge in [0, 0.05) is 11.4 Å². The first kappa shape index (κ1) is 15.7. The molecule has 0 radical (unpaired) electrons. The van der Waals surface area contributed by atoms with E-state index in [2.05, 4.69) is 10.3 Å². The van der Waals surface area contributed by atoms with E-state index in [1.54, 1.807) is 29.5 Å². The molecule has 23 heavy (non-hydrogen) atoms. The van der Waals surface area contributed by atoms with E-state index in [9.17, 15) is 9.59 Å². The van der Waals surface area contributed by atoms with Crippen LogP contribution in [0.2, 0.25) is 0 Å². The number of carboxylic acid groups (broad SMARTS) is 1. The van der Waals surface area contributed by atoms with Crippen molar-refractivity contribution >= 4 is 23.2 Å². The van der Waals surface area contributed by atoms with Crippen molar-refractivity contribution in [3.63, 3.8) is 0 Å². The summed E-state index contributed by atoms with van der Waals surface area (Å²) >= 11 is 1.64. The largest absolute Gasteiger partial charge is 0.478 e. The number of carboxylic acids is 1. The average Bonchev–Trinajstić information content (AvgIpc) is 2.95. The second-order valence-electron chi connectivity index (χ2n) is 5.64. The Morgan fingerprint density at radius 1 is 1.26 bits per heavy atom. The molecule has 0 unspecified atom stereocenters. The van der Waals surface area contributed by atoms with Crippen molar-refractivity contribution in [3.8, 4) is 0 Å². The predicted octanol–water partition coefficient (Wildman–Crippen LogP) is 2.58. The van der Waals surface area contributed by atoms with E-state index in [0.717, 1.165) is 23.4 Å². The normalized spacial score (nSPS) is 13.4. The third-order valence-corrected chi connectivity index (χ3v) is 5.02. The molecule has 5 nitrogen and oxygen atoms in total. The molecule has 6 heteroatoms. The van der Waals surface area contributed by atoms with Crippen LogP contribution in [0.1, 0.15) is 44.3 Å². The van der Waals surface area contributed by atoms with Crippen LogP contribution in [0.15, 0.2) is 24.3 Å². The van der Waals surface area contributed by atoms with Crippen LogP contribution in [0.5, 0.6) is 0 Å². The lowest BCUT2D eigenvalue weighted by Crippen LogP contribution is -2.24. The summed E-state index contributed by atoms with van der Waals surface area (Å²) in [5.41, 5.74) is 2.17. The molecule has 2 aromatic rings. The van der Waals surface area contributed by atoms with Crippen molar-refractivity contribution in [1.82, 2.24) is 10.3 Å². The molecule has 1 aliphatic rings. The van der Waals surface area contributed by atoms with Gasteiger partial charge in [0.25, 0.3) is 0 Å². The summed E-state index contributed by atoms with van der Waals surface area (Å²) in [6.07, 6.45) is 4.78. The molecule has 1 amide bonds. The van der Waals surface area contributed by atoms with E-state index in [4.69, 9.17) is 5.11 Å². The molecule has 0 saturated heterocycles. The fourth-order valence-corrected chi connectivity index (χ4v) is 3.85. The number of aromatic nitrogens is 1. The Kier molecular flexibility index (Phi) is 4.71. The highest BCUT2D eigenvalue weighted by Gasteiger charge is 2.16. The van der Waals surface area contributed by atoms with Crippen molar-refractivity contribution in [3.05, 3.63) is 51.0 Å². The standard InChI is InChI=1S/C17H18N2O3S/c20-15(9-16-19-13-6-1-2-7-14(13)23-16)18-10-11-4-3-5-12(8-11)17(21)22/h3-5,8H,1-2,6-7,9-10H2,(H,18,20)(H,21,22). The first-order chi connectivity index (χ1) is 11.1. The number of fused-ring (bicyclic) bond motifs is 1. The first-order valence-electron chi connectivity index (χ1n) is 7.68. The number of hydrogen-bond acceptors (Lipinski definition) is 4. The number of benzene rings is 1. The molecule has 2 N–H and O–H groups in total. The molecular formula is C17H18N2O3S. The molecule has 3 rings (SSSR count). The van der Waals surface area contributed by atoms with Gasteiger partial charge < -0.3 is 10.4 Å². The molecule has 1 aromatic heterocycles. The molecule has 1 aromatic carbocycles. The highest BCUT2D eigenvalue weighted by atomic mass is 32.1. The van der Waals surface area contributed by atoms with Crippen molar-refractivity contribution in [2.75, 3.05) is 0 Å². The Bertz CT molecular complexity index is 716. The summed E-state index contributed by atoms with van der Waals surface area (Å²) in [6, 6.07) is 6.59. The minimum atomic E-state index is -0.966. The Balaban J connectivity index is 1.56. The van der Waals surface area contributed by atoms with Crippen molar-refractivity contribution in [2.45, 2.75) is 38.6 Å². The number of rotatable bonds is 5. The lowest BCUT2D eigenvalue weighted by atomic mass is 10.0. The zero-order chi connectivity index (χ0) is 16.2. The second kappa shape index (κ2) is 6.91. The molecule has 0 atom stereocenters. The van der Waals surface area contributed by atoms with E-state index in [1.807, 2.05) is 0 Å². The van der Waals surface area contributed by atoms with Gasteiger partial charge in [-0.25, -0.2) is 9.78 Å². The molecule has 1 aliphatic carbocycles. The monoisotopic (exact) mass is 330 g/mol. The summed E-state index contributed by atoms with van der Waals surface area (Å²) in [7, 11) is 0. The molecule has 0 fully saturated rings. The van der Waals surface area contributed by atoms with Gasteiger partial charge in [-0.1, -0.05) is 12.1 Å². The quantitative estimate of drug-likeness (QED) is 0.883. The van der Waals surface area contributed by atoms with Crippen molar-refractivity contribution in [1.29, 1.82) is 0 Å². The van der Waals surface area contributed by atoms with Crippen LogP contribution >= 0.6 is 11.3 Å². The minimum Gasteiger partial charge on any atom is -0.478 e. The Morgan fingerprint density at radius 3 is 2.87 bits per heavy atom. The van der Waals surface area contributed by atoms with Crippen LogP contribution in [0.4, 0.5) is 0 Å². The molecule has 0 bridgehead atoms. The van der Waals surface area contributed by atoms with Gasteiger partial charge in [0.15, 0.2) is 0 Å². The van der Waals surface area contributed by atoms with Gasteiger partial charge >= 0.3 is 5.97 Å². The topological polar surface area (TPSA) is 79.3 Å². The molecule has 120 valence electrons. The minimum absolute atomic E-state index is 0.0863. The van der Waals surface area contributed by atoms with Crippen LogP contribution in [0, 0.1) is 0 Å². The van der Waals surface area contributed by atoms with Crippen LogP contribution in [0.25, 0.3) is 0 Å². The number of carbonyl (C=O) groups excluding carboxylic acids is 1. The summed E-state index contributed by atoms with van der Waals surface area (Å²) in [4.78, 5) is 28.9. The molecule has 0 saturated carbocycles. The SMILES string of the molecule is O=C(Cc1nc2c(s1)CCCC2)NCc1cccc(C(=O)O)c1. The van der Waals surface area contributed by atoms with Crippen LogP contribution in [0.3, 0.4) is 0 Å². The number of thiazole rings is 1. The zero-order valence-electron chi connectivity index (χ0n) is 12.7. The maximum Gasteiger partial charge on any atom is 0.335 e. The van der Waals surface area contributed by atoms with Gasteiger partial charge in [0.05, 0.1) is 17.7 Å². The third kappa shape index (κ3) is 3.96. The molecule has 1 heterocycles. The Morgan fingerprint density at radius 2 is 2.09 bits per heavy atom. The number of nitrogens with zero attached hydrogens (tertiary/aromatic N) is 1. The van der Waals surface area contributed by atoms with E-state index >= 15 is 0 Å². The number of amides is 1. The summed E-state index contributed by atoms with van der Waals surface area (Å²) < 4.78 is 0. The van der Waals surface area contributed by atoms with E-state index in [0.29, 0.717) is 6.54 Å². The van der Waals surface area contributed by atoms with Crippen LogP contribution < -0.4 is 5.32 Å². The van der Waals surface area contributed by atoms with Gasteiger partial charge in [-0.15, -0.1) is 11.3 Å². The van der Waals surface area contributed by atoms with Gasteiger partial charge in [0.2, 0.25) is 5.91 Å². The zero-order valence-corrected chi connectivity index (χ0v) is 13.5. The van der Waals surface area contributed by atoms with Crippen molar-refractivity contribution in [2.24, 2.45) is 0 Å². The number of nitrogens with one attached hydrogen (secondary N) is 1. The number of hydrogen-bond donors (Lipinski definition) is 2. The third-order valence-electron chi connectivity index (χ3n) is 3.87. The van der Waals surface area contributed by atoms with Gasteiger partial charge in [-0.2, -0.15) is 0 Å². The number of aryl methyl sites for hydroxylation is 2. The predicted molar refractivity (Wildman–Crippen MR) is 87.7 cm³/mol. The first-order valence-corrected chi connectivity index (χ1v) is 8.50. The lowest BCUT2D eigenvalue weighted by Gasteiger charge is -2.06. The van der Waals surface area contributed by atoms with Gasteiger partial charge in [0.1, 0.15) is 5.01 Å². The highest BCUT2D eigenvalue weighted by molar-refractivity contribution is 7.11. The Hall–Kier alpha value is -2.21. The Labute approximate surface area is 138 Å². The summed E-state index contributed by atoms with van der Waals surface area (Å²) in [5.74, 6) is -1.05. The summed E-state index contributed by atoms with van der Waals surface area (Å²) in [6.45, 7) is 0.324. The van der Waals surface area contributed by atoms with E-state index in [-0.39, 0.29) is 17.9 Å². The fraction of sp³-hybridized carbons (Fsp3) is 0.353. The molecule has 0 spiro atoms. The molecule has 0 aliphatic heterocycles. The maximum absolute atomic E-state index is 12.1. The van der Waals surface area contributed by atoms with E-state index in [1.165, 1.54) is 29.5 Å². The second-order valence-corrected chi connectivity index (χ2v) is 6.81. The van der Waals surface area contributed by atoms with Crippen LogP contribution in [-0.2, 0) is 30.6 Å². The van der Waals surface area contributed by atoms with Gasteiger partial charge in [-0.3, -0.25) is 4.79 Å². The lowest BCUT2D eigenvalue weighted by molar-refractivity contribution is -0.120. The average molecular weight is 330 g/mol. The number of aromatic carboxylic acids is 1. The smallest absolute Gasteiger partial charge is 0.335 e. The maximum atomic E-state index is 12.1. The number of carbonyl (C=O) groups is 2. The fourth-order valence-electron chi connectivity index (χ4n) is 2.70. The van der Waals surface area contributed by atoms with Gasteiger partial charge in [-0.05, 0) is 43.4 Å².